The number of nitrogens with zero attached hydrogens (tertiary/aromatic N) is 2. The van der Waals surface area contributed by atoms with Gasteiger partial charge in [-0.2, -0.15) is 5.26 Å². The van der Waals surface area contributed by atoms with Crippen molar-refractivity contribution in [1.82, 2.24) is 4.98 Å². The Hall–Kier alpha value is -2.38. The topological polar surface area (TPSA) is 62.7 Å². The molecule has 0 atom stereocenters. The summed E-state index contributed by atoms with van der Waals surface area (Å²) in [5.74, 6) is 0. The summed E-state index contributed by atoms with van der Waals surface area (Å²) >= 11 is 1.37. The van der Waals surface area contributed by atoms with E-state index in [4.69, 9.17) is 11.0 Å². The highest BCUT2D eigenvalue weighted by Gasteiger charge is 2.17. The molecule has 0 bridgehead atoms. The highest BCUT2D eigenvalue weighted by atomic mass is 32.1. The van der Waals surface area contributed by atoms with E-state index in [1.165, 1.54) is 22.5 Å². The van der Waals surface area contributed by atoms with Crippen molar-refractivity contribution in [3.63, 3.8) is 0 Å². The first-order valence-corrected chi connectivity index (χ1v) is 7.55. The number of hydrogen-bond acceptors (Lipinski definition) is 4. The van der Waals surface area contributed by atoms with Crippen LogP contribution in [0.2, 0.25) is 0 Å². The molecule has 3 aromatic rings. The molecule has 1 aromatic carbocycles. The van der Waals surface area contributed by atoms with Gasteiger partial charge >= 0.3 is 0 Å². The van der Waals surface area contributed by atoms with Crippen molar-refractivity contribution < 1.29 is 0 Å². The molecule has 0 unspecified atom stereocenters. The van der Waals surface area contributed by atoms with Gasteiger partial charge in [0.2, 0.25) is 0 Å². The van der Waals surface area contributed by atoms with Crippen LogP contribution in [0.5, 0.6) is 0 Å². The number of nitriles is 1. The van der Waals surface area contributed by atoms with Crippen LogP contribution in [-0.4, -0.2) is 4.98 Å². The molecule has 0 saturated heterocycles. The second-order valence-corrected chi connectivity index (χ2v) is 6.10. The van der Waals surface area contributed by atoms with Crippen LogP contribution in [-0.2, 0) is 6.42 Å². The number of hydrogen-bond donors (Lipinski definition) is 1. The van der Waals surface area contributed by atoms with Gasteiger partial charge in [0.25, 0.3) is 0 Å². The molecule has 0 aliphatic heterocycles. The summed E-state index contributed by atoms with van der Waals surface area (Å²) in [6.07, 6.45) is 0.832. The van der Waals surface area contributed by atoms with Crippen molar-refractivity contribution in [3.05, 3.63) is 57.6 Å². The molecule has 21 heavy (non-hydrogen) atoms. The molecule has 0 aliphatic rings. The van der Waals surface area contributed by atoms with Gasteiger partial charge in [0, 0.05) is 11.1 Å². The molecule has 0 radical (unpaired) electrons. The Bertz CT molecular complexity index is 857. The zero-order valence-corrected chi connectivity index (χ0v) is 12.8. The largest absolute Gasteiger partial charge is 0.396 e. The molecule has 2 N–H and O–H groups in total. The maximum Gasteiger partial charge on any atom is 0.130 e. The van der Waals surface area contributed by atoms with Gasteiger partial charge in [-0.25, -0.2) is 4.98 Å². The number of pyridine rings is 1. The van der Waals surface area contributed by atoms with Crippen LogP contribution in [0.1, 0.15) is 27.3 Å². The SMILES string of the molecule is Cc1nc2sc(C#N)c(N)c2c(C)c1Cc1ccccc1. The molecule has 0 aliphatic carbocycles. The maximum atomic E-state index is 9.14. The number of fused-ring (bicyclic) bond motifs is 1. The maximum absolute atomic E-state index is 9.14. The van der Waals surface area contributed by atoms with E-state index < -0.39 is 0 Å². The quantitative estimate of drug-likeness (QED) is 0.778. The molecule has 0 spiro atoms. The van der Waals surface area contributed by atoms with E-state index in [1.54, 1.807) is 0 Å². The van der Waals surface area contributed by atoms with E-state index in [2.05, 4.69) is 30.1 Å². The number of aromatic nitrogens is 1. The molecule has 2 aromatic heterocycles. The standard InChI is InChI=1S/C17H15N3S/c1-10-13(8-12-6-4-3-5-7-12)11(2)20-17-15(10)16(19)14(9-18)21-17/h3-7H,8,19H2,1-2H3. The van der Waals surface area contributed by atoms with E-state index >= 15 is 0 Å². The van der Waals surface area contributed by atoms with Crippen LogP contribution >= 0.6 is 11.3 Å². The molecular formula is C17H15N3S. The van der Waals surface area contributed by atoms with Crippen LogP contribution in [0.3, 0.4) is 0 Å². The average Bonchev–Trinajstić information content (AvgIpc) is 2.80. The lowest BCUT2D eigenvalue weighted by molar-refractivity contribution is 1.08. The van der Waals surface area contributed by atoms with Crippen molar-refractivity contribution >= 4 is 27.2 Å². The highest BCUT2D eigenvalue weighted by molar-refractivity contribution is 7.19. The summed E-state index contributed by atoms with van der Waals surface area (Å²) in [7, 11) is 0. The molecule has 0 saturated carbocycles. The molecular weight excluding hydrogens is 278 g/mol. The Kier molecular flexibility index (Phi) is 3.36. The number of thiophene rings is 1. The monoisotopic (exact) mass is 293 g/mol. The van der Waals surface area contributed by atoms with E-state index in [1.807, 2.05) is 25.1 Å². The van der Waals surface area contributed by atoms with E-state index in [0.29, 0.717) is 10.6 Å². The fraction of sp³-hybridized carbons (Fsp3) is 0.176. The Morgan fingerprint density at radius 3 is 2.62 bits per heavy atom. The van der Waals surface area contributed by atoms with Crippen molar-refractivity contribution in [3.8, 4) is 6.07 Å². The van der Waals surface area contributed by atoms with E-state index in [-0.39, 0.29) is 0 Å². The Morgan fingerprint density at radius 2 is 1.95 bits per heavy atom. The van der Waals surface area contributed by atoms with Gasteiger partial charge in [-0.3, -0.25) is 0 Å². The lowest BCUT2D eigenvalue weighted by Crippen LogP contribution is -2.00. The molecule has 2 heterocycles. The third-order valence-corrected chi connectivity index (χ3v) is 4.79. The summed E-state index contributed by atoms with van der Waals surface area (Å²) in [6, 6.07) is 12.5. The lowest BCUT2D eigenvalue weighted by atomic mass is 9.97. The Labute approximate surface area is 127 Å². The first-order valence-electron chi connectivity index (χ1n) is 6.74. The van der Waals surface area contributed by atoms with Crippen molar-refractivity contribution in [2.45, 2.75) is 20.3 Å². The molecule has 3 rings (SSSR count). The van der Waals surface area contributed by atoms with Gasteiger partial charge in [0.05, 0.1) is 5.69 Å². The van der Waals surface area contributed by atoms with Crippen molar-refractivity contribution in [2.75, 3.05) is 5.73 Å². The van der Waals surface area contributed by atoms with Crippen LogP contribution < -0.4 is 5.73 Å². The zero-order chi connectivity index (χ0) is 15.0. The van der Waals surface area contributed by atoms with Crippen LogP contribution in [0, 0.1) is 25.2 Å². The summed E-state index contributed by atoms with van der Waals surface area (Å²) in [5.41, 5.74) is 11.3. The minimum atomic E-state index is 0.553. The molecule has 104 valence electrons. The van der Waals surface area contributed by atoms with Crippen molar-refractivity contribution in [1.29, 1.82) is 5.26 Å². The summed E-state index contributed by atoms with van der Waals surface area (Å²) < 4.78 is 0. The number of nitrogen functional groups attached to an aromatic ring is 1. The van der Waals surface area contributed by atoms with E-state index in [9.17, 15) is 0 Å². The molecule has 3 nitrogen and oxygen atoms in total. The third-order valence-electron chi connectivity index (χ3n) is 3.79. The number of nitrogens with two attached hydrogens (primary N) is 1. The van der Waals surface area contributed by atoms with Gasteiger partial charge < -0.3 is 5.73 Å². The number of anilines is 1. The second kappa shape index (κ2) is 5.19. The highest BCUT2D eigenvalue weighted by Crippen LogP contribution is 2.36. The molecule has 0 amide bonds. The van der Waals surface area contributed by atoms with Gasteiger partial charge in [-0.1, -0.05) is 30.3 Å². The van der Waals surface area contributed by atoms with E-state index in [0.717, 1.165) is 27.9 Å². The smallest absolute Gasteiger partial charge is 0.130 e. The van der Waals surface area contributed by atoms with Crippen LogP contribution in [0.4, 0.5) is 5.69 Å². The second-order valence-electron chi connectivity index (χ2n) is 5.10. The number of aryl methyl sites for hydroxylation is 2. The minimum Gasteiger partial charge on any atom is -0.396 e. The average molecular weight is 293 g/mol. The first-order chi connectivity index (χ1) is 10.1. The van der Waals surface area contributed by atoms with Gasteiger partial charge in [0.1, 0.15) is 15.8 Å². The Balaban J connectivity index is 2.20. The fourth-order valence-electron chi connectivity index (χ4n) is 2.66. The third kappa shape index (κ3) is 2.26. The van der Waals surface area contributed by atoms with Gasteiger partial charge in [-0.15, -0.1) is 11.3 Å². The predicted molar refractivity (Wildman–Crippen MR) is 87.5 cm³/mol. The minimum absolute atomic E-state index is 0.553. The first kappa shape index (κ1) is 13.6. The number of benzene rings is 1. The molecule has 0 fully saturated rings. The number of rotatable bonds is 2. The van der Waals surface area contributed by atoms with Gasteiger partial charge in [-0.05, 0) is 37.0 Å². The molecule has 4 heteroatoms. The summed E-state index contributed by atoms with van der Waals surface area (Å²) in [5, 5.41) is 10.1. The summed E-state index contributed by atoms with van der Waals surface area (Å²) in [6.45, 7) is 4.09. The normalized spacial score (nSPS) is 10.7. The Morgan fingerprint density at radius 1 is 1.24 bits per heavy atom. The van der Waals surface area contributed by atoms with Crippen LogP contribution in [0.25, 0.3) is 10.2 Å². The predicted octanol–water partition coefficient (Wildman–Crippen LogP) is 3.96. The fourth-order valence-corrected chi connectivity index (χ4v) is 3.66. The lowest BCUT2D eigenvalue weighted by Gasteiger charge is -2.11. The summed E-state index contributed by atoms with van der Waals surface area (Å²) in [4.78, 5) is 6.06. The van der Waals surface area contributed by atoms with Crippen LogP contribution in [0.15, 0.2) is 30.3 Å². The van der Waals surface area contributed by atoms with Gasteiger partial charge in [0.15, 0.2) is 0 Å². The zero-order valence-electron chi connectivity index (χ0n) is 12.0. The van der Waals surface area contributed by atoms with Crippen molar-refractivity contribution in [2.24, 2.45) is 0 Å².